The highest BCUT2D eigenvalue weighted by Crippen LogP contribution is 2.23. The second kappa shape index (κ2) is 10.0. The van der Waals surface area contributed by atoms with Crippen molar-refractivity contribution in [3.05, 3.63) is 95.1 Å². The third kappa shape index (κ3) is 5.11. The highest BCUT2D eigenvalue weighted by molar-refractivity contribution is 6.39. The Morgan fingerprint density at radius 3 is 2.31 bits per heavy atom. The number of nitrogens with zero attached hydrogens (tertiary/aromatic N) is 1. The van der Waals surface area contributed by atoms with Gasteiger partial charge in [-0.25, -0.2) is 14.5 Å². The number of aryl methyl sites for hydroxylation is 1. The molecule has 4 amide bonds. The maximum atomic E-state index is 13.0. The molecule has 0 radical (unpaired) electrons. The first-order valence-electron chi connectivity index (χ1n) is 10.9. The van der Waals surface area contributed by atoms with Crippen LogP contribution in [0.5, 0.6) is 11.5 Å². The Bertz CT molecular complexity index is 1330. The molecular formula is C27H22N2O6. The zero-order valence-corrected chi connectivity index (χ0v) is 19.1. The highest BCUT2D eigenvalue weighted by atomic mass is 16.5. The Kier molecular flexibility index (Phi) is 6.73. The Balaban J connectivity index is 1.52. The summed E-state index contributed by atoms with van der Waals surface area (Å²) in [6.07, 6.45) is 2.19. The average molecular weight is 470 g/mol. The van der Waals surface area contributed by atoms with Crippen molar-refractivity contribution in [1.29, 1.82) is 0 Å². The number of anilines is 1. The van der Waals surface area contributed by atoms with Crippen molar-refractivity contribution < 1.29 is 28.7 Å². The van der Waals surface area contributed by atoms with Crippen LogP contribution in [0, 0.1) is 0 Å². The van der Waals surface area contributed by atoms with E-state index in [1.165, 1.54) is 13.2 Å². The molecule has 1 heterocycles. The van der Waals surface area contributed by atoms with E-state index in [9.17, 15) is 19.2 Å². The predicted molar refractivity (Wildman–Crippen MR) is 129 cm³/mol. The van der Waals surface area contributed by atoms with Gasteiger partial charge in [0.2, 0.25) is 0 Å². The molecule has 0 aromatic heterocycles. The van der Waals surface area contributed by atoms with Crippen LogP contribution in [0.4, 0.5) is 10.5 Å². The lowest BCUT2D eigenvalue weighted by Crippen LogP contribution is -2.54. The second-order valence-corrected chi connectivity index (χ2v) is 7.67. The smallest absolute Gasteiger partial charge is 0.343 e. The van der Waals surface area contributed by atoms with Crippen molar-refractivity contribution in [3.63, 3.8) is 0 Å². The molecule has 1 aliphatic rings. The summed E-state index contributed by atoms with van der Waals surface area (Å²) in [5.41, 5.74) is 2.07. The molecule has 1 saturated heterocycles. The number of benzene rings is 3. The summed E-state index contributed by atoms with van der Waals surface area (Å²) in [6.45, 7) is 2.00. The monoisotopic (exact) mass is 470 g/mol. The molecule has 1 N–H and O–H groups in total. The number of hydrogen-bond donors (Lipinski definition) is 1. The Morgan fingerprint density at radius 2 is 1.66 bits per heavy atom. The quantitative estimate of drug-likeness (QED) is 0.251. The minimum atomic E-state index is -0.804. The second-order valence-electron chi connectivity index (χ2n) is 7.67. The average Bonchev–Trinajstić information content (AvgIpc) is 2.87. The molecule has 0 unspecified atom stereocenters. The normalized spacial score (nSPS) is 14.6. The van der Waals surface area contributed by atoms with Gasteiger partial charge in [-0.3, -0.25) is 14.9 Å². The molecule has 0 spiro atoms. The number of barbiturate groups is 1. The standard InChI is InChI=1S/C27H22N2O6/c1-3-17-7-11-20(12-8-17)29-25(31)23(24(30)28-27(29)33)15-18-9-13-21(14-10-18)35-26(32)19-5-4-6-22(16-19)34-2/h4-16H,3H2,1-2H3,(H,28,30,33). The number of carbonyl (C=O) groups excluding carboxylic acids is 4. The van der Waals surface area contributed by atoms with Gasteiger partial charge in [0.1, 0.15) is 17.1 Å². The lowest BCUT2D eigenvalue weighted by Gasteiger charge is -2.26. The van der Waals surface area contributed by atoms with E-state index < -0.39 is 23.8 Å². The van der Waals surface area contributed by atoms with Crippen LogP contribution in [0.3, 0.4) is 0 Å². The van der Waals surface area contributed by atoms with Gasteiger partial charge >= 0.3 is 12.0 Å². The number of nitrogens with one attached hydrogen (secondary N) is 1. The summed E-state index contributed by atoms with van der Waals surface area (Å²) in [6, 6.07) is 19.0. The van der Waals surface area contributed by atoms with Gasteiger partial charge in [-0.1, -0.05) is 37.3 Å². The Labute approximate surface area is 201 Å². The Hall–Kier alpha value is -4.72. The number of urea groups is 1. The van der Waals surface area contributed by atoms with Crippen molar-refractivity contribution in [2.75, 3.05) is 12.0 Å². The maximum absolute atomic E-state index is 13.0. The summed E-state index contributed by atoms with van der Waals surface area (Å²) < 4.78 is 10.5. The lowest BCUT2D eigenvalue weighted by molar-refractivity contribution is -0.122. The van der Waals surface area contributed by atoms with E-state index in [1.54, 1.807) is 60.7 Å². The van der Waals surface area contributed by atoms with E-state index in [0.29, 0.717) is 22.6 Å². The summed E-state index contributed by atoms with van der Waals surface area (Å²) in [5, 5.41) is 2.20. The number of hydrogen-bond acceptors (Lipinski definition) is 6. The summed E-state index contributed by atoms with van der Waals surface area (Å²) >= 11 is 0. The van der Waals surface area contributed by atoms with Crippen molar-refractivity contribution in [1.82, 2.24) is 5.32 Å². The predicted octanol–water partition coefficient (Wildman–Crippen LogP) is 4.14. The zero-order valence-electron chi connectivity index (χ0n) is 19.1. The van der Waals surface area contributed by atoms with Crippen LogP contribution in [0.1, 0.15) is 28.4 Å². The Morgan fingerprint density at radius 1 is 0.943 bits per heavy atom. The molecule has 3 aromatic carbocycles. The van der Waals surface area contributed by atoms with Crippen LogP contribution in [0.2, 0.25) is 0 Å². The van der Waals surface area contributed by atoms with Crippen LogP contribution < -0.4 is 19.7 Å². The minimum Gasteiger partial charge on any atom is -0.497 e. The molecule has 3 aromatic rings. The number of methoxy groups -OCH3 is 1. The van der Waals surface area contributed by atoms with Crippen LogP contribution in [0.25, 0.3) is 6.08 Å². The third-order valence-electron chi connectivity index (χ3n) is 5.41. The fourth-order valence-electron chi connectivity index (χ4n) is 3.49. The van der Waals surface area contributed by atoms with Crippen LogP contribution in [-0.4, -0.2) is 30.9 Å². The van der Waals surface area contributed by atoms with E-state index in [0.717, 1.165) is 16.9 Å². The van der Waals surface area contributed by atoms with Gasteiger partial charge in [0.25, 0.3) is 11.8 Å². The molecule has 4 rings (SSSR count). The van der Waals surface area contributed by atoms with Gasteiger partial charge in [-0.15, -0.1) is 0 Å². The fourth-order valence-corrected chi connectivity index (χ4v) is 3.49. The van der Waals surface area contributed by atoms with Gasteiger partial charge in [0, 0.05) is 0 Å². The maximum Gasteiger partial charge on any atom is 0.343 e. The molecule has 1 aliphatic heterocycles. The highest BCUT2D eigenvalue weighted by Gasteiger charge is 2.36. The molecular weight excluding hydrogens is 448 g/mol. The number of esters is 1. The topological polar surface area (TPSA) is 102 Å². The molecule has 0 saturated carbocycles. The van der Waals surface area contributed by atoms with E-state index in [4.69, 9.17) is 9.47 Å². The zero-order chi connectivity index (χ0) is 24.9. The van der Waals surface area contributed by atoms with Gasteiger partial charge in [0.05, 0.1) is 18.4 Å². The molecule has 8 heteroatoms. The van der Waals surface area contributed by atoms with E-state index in [2.05, 4.69) is 5.32 Å². The van der Waals surface area contributed by atoms with Crippen molar-refractivity contribution in [2.45, 2.75) is 13.3 Å². The van der Waals surface area contributed by atoms with E-state index in [-0.39, 0.29) is 11.3 Å². The van der Waals surface area contributed by atoms with Crippen LogP contribution in [-0.2, 0) is 16.0 Å². The summed E-state index contributed by atoms with van der Waals surface area (Å²) in [7, 11) is 1.51. The number of ether oxygens (including phenoxy) is 2. The van der Waals surface area contributed by atoms with Crippen molar-refractivity contribution in [3.8, 4) is 11.5 Å². The van der Waals surface area contributed by atoms with Crippen LogP contribution in [0.15, 0.2) is 78.4 Å². The van der Waals surface area contributed by atoms with Gasteiger partial charge in [0.15, 0.2) is 0 Å². The first-order valence-corrected chi connectivity index (χ1v) is 10.9. The largest absolute Gasteiger partial charge is 0.497 e. The SMILES string of the molecule is CCc1ccc(N2C(=O)NC(=O)C(=Cc3ccc(OC(=O)c4cccc(OC)c4)cc3)C2=O)cc1. The minimum absolute atomic E-state index is 0.190. The van der Waals surface area contributed by atoms with Crippen molar-refractivity contribution in [2.24, 2.45) is 0 Å². The van der Waals surface area contributed by atoms with Gasteiger partial charge in [-0.2, -0.15) is 0 Å². The molecule has 8 nitrogen and oxygen atoms in total. The number of imide groups is 2. The molecule has 176 valence electrons. The van der Waals surface area contributed by atoms with Crippen molar-refractivity contribution >= 4 is 35.6 Å². The molecule has 35 heavy (non-hydrogen) atoms. The molecule has 1 fully saturated rings. The number of amides is 4. The molecule has 0 atom stereocenters. The third-order valence-corrected chi connectivity index (χ3v) is 5.41. The summed E-state index contributed by atoms with van der Waals surface area (Å²) in [4.78, 5) is 51.1. The van der Waals surface area contributed by atoms with E-state index >= 15 is 0 Å². The van der Waals surface area contributed by atoms with Gasteiger partial charge < -0.3 is 9.47 Å². The summed E-state index contributed by atoms with van der Waals surface area (Å²) in [5.74, 6) is -1.25. The first kappa shape index (κ1) is 23.4. The number of rotatable bonds is 6. The molecule has 0 bridgehead atoms. The molecule has 0 aliphatic carbocycles. The first-order chi connectivity index (χ1) is 16.9. The van der Waals surface area contributed by atoms with Crippen LogP contribution >= 0.6 is 0 Å². The lowest BCUT2D eigenvalue weighted by atomic mass is 10.1. The van der Waals surface area contributed by atoms with Gasteiger partial charge in [-0.05, 0) is 66.1 Å². The fraction of sp³-hybridized carbons (Fsp3) is 0.111. The number of carbonyl (C=O) groups is 4. The van der Waals surface area contributed by atoms with E-state index in [1.807, 2.05) is 19.1 Å².